The molecule has 3 heteroatoms. The van der Waals surface area contributed by atoms with Crippen LogP contribution in [0, 0.1) is 16.7 Å². The number of pyridine rings is 1. The molecule has 2 heterocycles. The lowest BCUT2D eigenvalue weighted by molar-refractivity contribution is 0.472. The molecule has 0 spiro atoms. The van der Waals surface area contributed by atoms with Crippen LogP contribution in [0.3, 0.4) is 0 Å². The SMILES string of the molecule is CC(C)(C)C1=CCN(c2ccc(C#N)cn2)CC1. The summed E-state index contributed by atoms with van der Waals surface area (Å²) in [6.07, 6.45) is 5.03. The van der Waals surface area contributed by atoms with Gasteiger partial charge in [-0.2, -0.15) is 5.26 Å². The Morgan fingerprint density at radius 3 is 2.56 bits per heavy atom. The lowest BCUT2D eigenvalue weighted by Crippen LogP contribution is -2.31. The maximum Gasteiger partial charge on any atom is 0.128 e. The van der Waals surface area contributed by atoms with Crippen LogP contribution < -0.4 is 4.90 Å². The Morgan fingerprint density at radius 2 is 2.11 bits per heavy atom. The van der Waals surface area contributed by atoms with E-state index in [2.05, 4.69) is 42.8 Å². The third kappa shape index (κ3) is 2.70. The molecule has 1 aromatic rings. The van der Waals surface area contributed by atoms with Gasteiger partial charge in [0.25, 0.3) is 0 Å². The highest BCUT2D eigenvalue weighted by Crippen LogP contribution is 2.31. The molecular formula is C15H19N3. The highest BCUT2D eigenvalue weighted by molar-refractivity contribution is 5.44. The van der Waals surface area contributed by atoms with Crippen LogP contribution in [0.25, 0.3) is 0 Å². The summed E-state index contributed by atoms with van der Waals surface area (Å²) in [5.74, 6) is 0.957. The normalized spacial score (nSPS) is 16.1. The van der Waals surface area contributed by atoms with E-state index in [0.717, 1.165) is 25.3 Å². The molecule has 0 saturated carbocycles. The Bertz CT molecular complexity index is 486. The van der Waals surface area contributed by atoms with E-state index in [1.165, 1.54) is 5.57 Å². The van der Waals surface area contributed by atoms with Gasteiger partial charge in [-0.05, 0) is 24.0 Å². The van der Waals surface area contributed by atoms with E-state index >= 15 is 0 Å². The first kappa shape index (κ1) is 12.6. The van der Waals surface area contributed by atoms with Gasteiger partial charge in [0.1, 0.15) is 11.9 Å². The van der Waals surface area contributed by atoms with E-state index in [-0.39, 0.29) is 5.41 Å². The van der Waals surface area contributed by atoms with Crippen LogP contribution in [0.1, 0.15) is 32.8 Å². The number of hydrogen-bond acceptors (Lipinski definition) is 3. The Balaban J connectivity index is 2.10. The van der Waals surface area contributed by atoms with Gasteiger partial charge in [0, 0.05) is 19.3 Å². The smallest absolute Gasteiger partial charge is 0.128 e. The number of hydrogen-bond donors (Lipinski definition) is 0. The number of aromatic nitrogens is 1. The standard InChI is InChI=1S/C15H19N3/c1-15(2,3)13-6-8-18(9-7-13)14-5-4-12(10-16)11-17-14/h4-6,11H,7-9H2,1-3H3. The molecule has 2 rings (SSSR count). The molecule has 3 nitrogen and oxygen atoms in total. The zero-order valence-corrected chi connectivity index (χ0v) is 11.3. The van der Waals surface area contributed by atoms with Crippen LogP contribution in [0.15, 0.2) is 30.0 Å². The van der Waals surface area contributed by atoms with E-state index in [4.69, 9.17) is 5.26 Å². The maximum atomic E-state index is 8.75. The molecule has 0 unspecified atom stereocenters. The summed E-state index contributed by atoms with van der Waals surface area (Å²) in [5, 5.41) is 8.75. The Morgan fingerprint density at radius 1 is 1.33 bits per heavy atom. The molecule has 94 valence electrons. The molecule has 0 fully saturated rings. The van der Waals surface area contributed by atoms with Crippen molar-refractivity contribution in [1.29, 1.82) is 5.26 Å². The largest absolute Gasteiger partial charge is 0.353 e. The second-order valence-electron chi connectivity index (χ2n) is 5.69. The summed E-state index contributed by atoms with van der Waals surface area (Å²) in [6.45, 7) is 8.69. The monoisotopic (exact) mass is 241 g/mol. The molecule has 1 aromatic heterocycles. The number of anilines is 1. The van der Waals surface area contributed by atoms with Gasteiger partial charge < -0.3 is 4.90 Å². The predicted molar refractivity (Wildman–Crippen MR) is 73.3 cm³/mol. The van der Waals surface area contributed by atoms with Crippen LogP contribution in [-0.2, 0) is 0 Å². The fraction of sp³-hybridized carbons (Fsp3) is 0.467. The summed E-state index contributed by atoms with van der Waals surface area (Å²) in [7, 11) is 0. The van der Waals surface area contributed by atoms with Gasteiger partial charge in [-0.3, -0.25) is 0 Å². The minimum absolute atomic E-state index is 0.268. The molecular weight excluding hydrogens is 222 g/mol. The number of nitriles is 1. The molecule has 0 amide bonds. The second kappa shape index (κ2) is 4.81. The van der Waals surface area contributed by atoms with Crippen molar-refractivity contribution in [3.63, 3.8) is 0 Å². The van der Waals surface area contributed by atoms with Gasteiger partial charge >= 0.3 is 0 Å². The van der Waals surface area contributed by atoms with Gasteiger partial charge in [-0.1, -0.05) is 32.4 Å². The molecule has 0 atom stereocenters. The maximum absolute atomic E-state index is 8.75. The van der Waals surface area contributed by atoms with Crippen molar-refractivity contribution in [2.45, 2.75) is 27.2 Å². The molecule has 0 radical (unpaired) electrons. The van der Waals surface area contributed by atoms with E-state index in [1.54, 1.807) is 6.20 Å². The van der Waals surface area contributed by atoms with Crippen molar-refractivity contribution < 1.29 is 0 Å². The minimum Gasteiger partial charge on any atom is -0.353 e. The number of nitrogens with zero attached hydrogens (tertiary/aromatic N) is 3. The first-order valence-corrected chi connectivity index (χ1v) is 6.31. The summed E-state index contributed by atoms with van der Waals surface area (Å²) in [5.41, 5.74) is 2.40. The Labute approximate surface area is 109 Å². The minimum atomic E-state index is 0.268. The molecule has 0 bridgehead atoms. The Hall–Kier alpha value is -1.82. The lowest BCUT2D eigenvalue weighted by atomic mass is 9.83. The zero-order valence-electron chi connectivity index (χ0n) is 11.3. The van der Waals surface area contributed by atoms with Crippen molar-refractivity contribution in [1.82, 2.24) is 4.98 Å². The first-order valence-electron chi connectivity index (χ1n) is 6.31. The van der Waals surface area contributed by atoms with Crippen molar-refractivity contribution in [3.05, 3.63) is 35.5 Å². The molecule has 0 aromatic carbocycles. The summed E-state index contributed by atoms with van der Waals surface area (Å²) in [6, 6.07) is 5.84. The van der Waals surface area contributed by atoms with Crippen molar-refractivity contribution in [2.24, 2.45) is 5.41 Å². The Kier molecular flexibility index (Phi) is 3.38. The van der Waals surface area contributed by atoms with Crippen LogP contribution in [-0.4, -0.2) is 18.1 Å². The third-order valence-corrected chi connectivity index (χ3v) is 3.37. The fourth-order valence-corrected chi connectivity index (χ4v) is 2.20. The zero-order chi connectivity index (χ0) is 13.2. The summed E-state index contributed by atoms with van der Waals surface area (Å²) >= 11 is 0. The molecule has 1 aliphatic rings. The molecule has 0 aliphatic carbocycles. The highest BCUT2D eigenvalue weighted by atomic mass is 15.2. The van der Waals surface area contributed by atoms with Gasteiger partial charge in [0.15, 0.2) is 0 Å². The van der Waals surface area contributed by atoms with Crippen molar-refractivity contribution in [3.8, 4) is 6.07 Å². The fourth-order valence-electron chi connectivity index (χ4n) is 2.20. The van der Waals surface area contributed by atoms with Crippen LogP contribution in [0.5, 0.6) is 0 Å². The molecule has 0 saturated heterocycles. The van der Waals surface area contributed by atoms with E-state index in [0.29, 0.717) is 5.56 Å². The summed E-state index contributed by atoms with van der Waals surface area (Å²) in [4.78, 5) is 6.58. The van der Waals surface area contributed by atoms with E-state index in [9.17, 15) is 0 Å². The molecule has 18 heavy (non-hydrogen) atoms. The van der Waals surface area contributed by atoms with Gasteiger partial charge in [0.05, 0.1) is 5.56 Å². The second-order valence-corrected chi connectivity index (χ2v) is 5.69. The van der Waals surface area contributed by atoms with Gasteiger partial charge in [-0.25, -0.2) is 4.98 Å². The lowest BCUT2D eigenvalue weighted by Gasteiger charge is -2.32. The summed E-state index contributed by atoms with van der Waals surface area (Å²) < 4.78 is 0. The number of rotatable bonds is 1. The van der Waals surface area contributed by atoms with Crippen molar-refractivity contribution in [2.75, 3.05) is 18.0 Å². The average Bonchev–Trinajstić information content (AvgIpc) is 2.38. The van der Waals surface area contributed by atoms with E-state index in [1.807, 2.05) is 12.1 Å². The van der Waals surface area contributed by atoms with Crippen molar-refractivity contribution >= 4 is 5.82 Å². The highest BCUT2D eigenvalue weighted by Gasteiger charge is 2.21. The van der Waals surface area contributed by atoms with Crippen LogP contribution in [0.4, 0.5) is 5.82 Å². The van der Waals surface area contributed by atoms with E-state index < -0.39 is 0 Å². The van der Waals surface area contributed by atoms with Crippen LogP contribution >= 0.6 is 0 Å². The first-order chi connectivity index (χ1) is 8.50. The molecule has 0 N–H and O–H groups in total. The van der Waals surface area contributed by atoms with Gasteiger partial charge in [-0.15, -0.1) is 0 Å². The third-order valence-electron chi connectivity index (χ3n) is 3.37. The predicted octanol–water partition coefficient (Wildman–Crippen LogP) is 3.14. The quantitative estimate of drug-likeness (QED) is 0.709. The van der Waals surface area contributed by atoms with Crippen LogP contribution in [0.2, 0.25) is 0 Å². The van der Waals surface area contributed by atoms with Gasteiger partial charge in [0.2, 0.25) is 0 Å². The molecule has 1 aliphatic heterocycles. The topological polar surface area (TPSA) is 39.9 Å². The average molecular weight is 241 g/mol.